The Morgan fingerprint density at radius 2 is 1.90 bits per heavy atom. The first kappa shape index (κ1) is 13.3. The van der Waals surface area contributed by atoms with E-state index in [1.165, 1.54) is 12.1 Å². The molecule has 5 heteroatoms. The molecule has 0 atom stereocenters. The highest BCUT2D eigenvalue weighted by Gasteiger charge is 2.10. The number of anilines is 1. The number of carbonyl (C=O) groups is 1. The Bertz CT molecular complexity index is 750. The summed E-state index contributed by atoms with van der Waals surface area (Å²) in [5.41, 5.74) is 1.64. The lowest BCUT2D eigenvalue weighted by Crippen LogP contribution is -2.13. The molecule has 106 valence electrons. The molecule has 0 saturated heterocycles. The number of rotatable bonds is 4. The normalized spacial score (nSPS) is 10.7. The lowest BCUT2D eigenvalue weighted by atomic mass is 10.2. The van der Waals surface area contributed by atoms with Crippen molar-refractivity contribution in [3.05, 3.63) is 60.2 Å². The molecule has 0 saturated carbocycles. The lowest BCUT2D eigenvalue weighted by molar-refractivity contribution is -0.116. The summed E-state index contributed by atoms with van der Waals surface area (Å²) in [6, 6.07) is 13.5. The van der Waals surface area contributed by atoms with Gasteiger partial charge in [0.15, 0.2) is 11.5 Å². The van der Waals surface area contributed by atoms with E-state index in [-0.39, 0.29) is 18.0 Å². The average molecular weight is 284 g/mol. The fourth-order valence-electron chi connectivity index (χ4n) is 2.02. The van der Waals surface area contributed by atoms with Crippen molar-refractivity contribution >= 4 is 22.7 Å². The number of aryl methyl sites for hydroxylation is 1. The molecule has 1 N–H and O–H groups in total. The Balaban J connectivity index is 1.62. The van der Waals surface area contributed by atoms with Crippen molar-refractivity contribution in [2.24, 2.45) is 0 Å². The molecule has 0 aliphatic rings. The second kappa shape index (κ2) is 5.75. The van der Waals surface area contributed by atoms with E-state index in [9.17, 15) is 9.18 Å². The van der Waals surface area contributed by atoms with E-state index in [0.717, 1.165) is 5.52 Å². The predicted molar refractivity (Wildman–Crippen MR) is 77.4 cm³/mol. The highest BCUT2D eigenvalue weighted by molar-refractivity contribution is 5.90. The summed E-state index contributed by atoms with van der Waals surface area (Å²) in [7, 11) is 0. The van der Waals surface area contributed by atoms with Crippen molar-refractivity contribution < 1.29 is 13.6 Å². The van der Waals surface area contributed by atoms with Crippen LogP contribution in [-0.2, 0) is 11.2 Å². The van der Waals surface area contributed by atoms with Gasteiger partial charge >= 0.3 is 0 Å². The second-order valence-electron chi connectivity index (χ2n) is 4.60. The van der Waals surface area contributed by atoms with Crippen LogP contribution < -0.4 is 5.32 Å². The zero-order chi connectivity index (χ0) is 14.7. The summed E-state index contributed by atoms with van der Waals surface area (Å²) < 4.78 is 18.9. The number of hydrogen-bond acceptors (Lipinski definition) is 3. The molecule has 0 aliphatic carbocycles. The van der Waals surface area contributed by atoms with Crippen LogP contribution in [0.25, 0.3) is 11.1 Å². The van der Waals surface area contributed by atoms with Crippen LogP contribution in [-0.4, -0.2) is 10.9 Å². The van der Waals surface area contributed by atoms with E-state index in [0.29, 0.717) is 17.9 Å². The first-order valence-electron chi connectivity index (χ1n) is 6.61. The molecule has 0 fully saturated rings. The van der Waals surface area contributed by atoms with Gasteiger partial charge in [-0.05, 0) is 24.3 Å². The Morgan fingerprint density at radius 1 is 1.14 bits per heavy atom. The van der Waals surface area contributed by atoms with Gasteiger partial charge in [-0.15, -0.1) is 0 Å². The maximum atomic E-state index is 13.4. The van der Waals surface area contributed by atoms with Crippen molar-refractivity contribution in [3.8, 4) is 0 Å². The predicted octanol–water partition coefficient (Wildman–Crippen LogP) is 3.54. The zero-order valence-corrected chi connectivity index (χ0v) is 11.2. The second-order valence-corrected chi connectivity index (χ2v) is 4.60. The van der Waals surface area contributed by atoms with Crippen molar-refractivity contribution in [1.82, 2.24) is 4.98 Å². The molecule has 4 nitrogen and oxygen atoms in total. The first-order valence-corrected chi connectivity index (χ1v) is 6.61. The summed E-state index contributed by atoms with van der Waals surface area (Å²) in [6.45, 7) is 0. The standard InChI is InChI=1S/C16H13FN2O2/c17-11-5-1-2-6-12(11)18-15(20)9-10-16-19-13-7-3-4-8-14(13)21-16/h1-8H,9-10H2,(H,18,20). The number of fused-ring (bicyclic) bond motifs is 1. The van der Waals surface area contributed by atoms with E-state index in [1.807, 2.05) is 24.3 Å². The summed E-state index contributed by atoms with van der Waals surface area (Å²) in [5.74, 6) is -0.227. The molecule has 1 amide bonds. The molecule has 2 aromatic carbocycles. The first-order chi connectivity index (χ1) is 10.2. The molecule has 0 unspecified atom stereocenters. The van der Waals surface area contributed by atoms with Gasteiger partial charge in [0.2, 0.25) is 5.91 Å². The van der Waals surface area contributed by atoms with Gasteiger partial charge in [-0.25, -0.2) is 9.37 Å². The summed E-state index contributed by atoms with van der Waals surface area (Å²) in [5, 5.41) is 2.53. The summed E-state index contributed by atoms with van der Waals surface area (Å²) in [4.78, 5) is 16.1. The molecule has 0 bridgehead atoms. The topological polar surface area (TPSA) is 55.1 Å². The van der Waals surface area contributed by atoms with Crippen LogP contribution in [0.5, 0.6) is 0 Å². The van der Waals surface area contributed by atoms with Gasteiger partial charge in [-0.3, -0.25) is 4.79 Å². The largest absolute Gasteiger partial charge is 0.441 e. The Kier molecular flexibility index (Phi) is 3.64. The molecular formula is C16H13FN2O2. The van der Waals surface area contributed by atoms with Crippen LogP contribution in [0.2, 0.25) is 0 Å². The number of nitrogens with zero attached hydrogens (tertiary/aromatic N) is 1. The van der Waals surface area contributed by atoms with E-state index in [4.69, 9.17) is 4.42 Å². The average Bonchev–Trinajstić information content (AvgIpc) is 2.90. The summed E-state index contributed by atoms with van der Waals surface area (Å²) >= 11 is 0. The van der Waals surface area contributed by atoms with Crippen LogP contribution in [0, 0.1) is 5.82 Å². The van der Waals surface area contributed by atoms with E-state index in [2.05, 4.69) is 10.3 Å². The Labute approximate surface area is 120 Å². The Hall–Kier alpha value is -2.69. The highest BCUT2D eigenvalue weighted by atomic mass is 19.1. The maximum Gasteiger partial charge on any atom is 0.224 e. The van der Waals surface area contributed by atoms with E-state index in [1.54, 1.807) is 12.1 Å². The van der Waals surface area contributed by atoms with Crippen LogP contribution in [0.15, 0.2) is 52.9 Å². The molecule has 1 aromatic heterocycles. The van der Waals surface area contributed by atoms with Gasteiger partial charge in [0, 0.05) is 12.8 Å². The minimum Gasteiger partial charge on any atom is -0.441 e. The number of carbonyl (C=O) groups excluding carboxylic acids is 1. The third kappa shape index (κ3) is 3.08. The molecule has 3 aromatic rings. The van der Waals surface area contributed by atoms with Gasteiger partial charge in [-0.2, -0.15) is 0 Å². The number of benzene rings is 2. The Morgan fingerprint density at radius 3 is 2.71 bits per heavy atom. The fourth-order valence-corrected chi connectivity index (χ4v) is 2.02. The fraction of sp³-hybridized carbons (Fsp3) is 0.125. The monoisotopic (exact) mass is 284 g/mol. The van der Waals surface area contributed by atoms with Crippen molar-refractivity contribution in [2.75, 3.05) is 5.32 Å². The number of nitrogens with one attached hydrogen (secondary N) is 1. The molecule has 1 heterocycles. The maximum absolute atomic E-state index is 13.4. The minimum absolute atomic E-state index is 0.181. The highest BCUT2D eigenvalue weighted by Crippen LogP contribution is 2.16. The number of oxazole rings is 1. The SMILES string of the molecule is O=C(CCc1nc2ccccc2o1)Nc1ccccc1F. The van der Waals surface area contributed by atoms with Gasteiger partial charge in [0.1, 0.15) is 11.3 Å². The number of hydrogen-bond donors (Lipinski definition) is 1. The van der Waals surface area contributed by atoms with Crippen molar-refractivity contribution in [2.45, 2.75) is 12.8 Å². The molecule has 0 spiro atoms. The number of aromatic nitrogens is 1. The number of para-hydroxylation sites is 3. The lowest BCUT2D eigenvalue weighted by Gasteiger charge is -2.04. The smallest absolute Gasteiger partial charge is 0.224 e. The quantitative estimate of drug-likeness (QED) is 0.797. The van der Waals surface area contributed by atoms with Crippen molar-refractivity contribution in [1.29, 1.82) is 0 Å². The molecule has 21 heavy (non-hydrogen) atoms. The van der Waals surface area contributed by atoms with Gasteiger partial charge < -0.3 is 9.73 Å². The third-order valence-electron chi connectivity index (χ3n) is 3.05. The van der Waals surface area contributed by atoms with E-state index < -0.39 is 5.82 Å². The number of halogens is 1. The van der Waals surface area contributed by atoms with Crippen LogP contribution in [0.3, 0.4) is 0 Å². The van der Waals surface area contributed by atoms with Crippen molar-refractivity contribution in [3.63, 3.8) is 0 Å². The van der Waals surface area contributed by atoms with E-state index >= 15 is 0 Å². The minimum atomic E-state index is -0.451. The zero-order valence-electron chi connectivity index (χ0n) is 11.2. The third-order valence-corrected chi connectivity index (χ3v) is 3.05. The van der Waals surface area contributed by atoms with Crippen LogP contribution >= 0.6 is 0 Å². The van der Waals surface area contributed by atoms with Gasteiger partial charge in [0.25, 0.3) is 0 Å². The molecule has 0 aliphatic heterocycles. The van der Waals surface area contributed by atoms with Crippen LogP contribution in [0.1, 0.15) is 12.3 Å². The summed E-state index contributed by atoms with van der Waals surface area (Å²) in [6.07, 6.45) is 0.552. The molecule has 0 radical (unpaired) electrons. The van der Waals surface area contributed by atoms with Gasteiger partial charge in [0.05, 0.1) is 5.69 Å². The molecule has 3 rings (SSSR count). The van der Waals surface area contributed by atoms with Gasteiger partial charge in [-0.1, -0.05) is 24.3 Å². The number of amides is 1. The molecular weight excluding hydrogens is 271 g/mol. The van der Waals surface area contributed by atoms with Crippen LogP contribution in [0.4, 0.5) is 10.1 Å².